The highest BCUT2D eigenvalue weighted by atomic mass is 28.3. The summed E-state index contributed by atoms with van der Waals surface area (Å²) in [5.41, 5.74) is -2.23. The maximum absolute atomic E-state index is 12.6. The first kappa shape index (κ1) is 27.5. The van der Waals surface area contributed by atoms with Gasteiger partial charge in [0.15, 0.2) is 0 Å². The van der Waals surface area contributed by atoms with E-state index in [1.807, 2.05) is 48.5 Å². The zero-order chi connectivity index (χ0) is 22.9. The molecule has 0 bridgehead atoms. The molecule has 0 spiro atoms. The predicted molar refractivity (Wildman–Crippen MR) is 115 cm³/mol. The van der Waals surface area contributed by atoms with Crippen molar-refractivity contribution in [2.24, 2.45) is 10.8 Å². The molecule has 170 valence electrons. The summed E-state index contributed by atoms with van der Waals surface area (Å²) in [4.78, 5) is 38.9. The molecular weight excluding hydrogens is 392 g/mol. The number of nitrogens with one attached hydrogen (secondary N) is 2. The highest BCUT2D eigenvalue weighted by molar-refractivity contribution is 6.87. The third kappa shape index (κ3) is 12.7. The van der Waals surface area contributed by atoms with Crippen molar-refractivity contribution in [3.8, 4) is 0 Å². The summed E-state index contributed by atoms with van der Waals surface area (Å²) >= 11 is 0. The minimum Gasteiger partial charge on any atom is -0.484 e. The molecule has 0 aromatic rings. The van der Waals surface area contributed by atoms with Gasteiger partial charge >= 0.3 is 0 Å². The van der Waals surface area contributed by atoms with Crippen LogP contribution in [-0.4, -0.2) is 61.9 Å². The first-order chi connectivity index (χ1) is 13.1. The van der Waals surface area contributed by atoms with Crippen LogP contribution in [0, 0.1) is 10.8 Å². The number of carbonyl (C=O) groups excluding carboxylic acids is 2. The van der Waals surface area contributed by atoms with Crippen LogP contribution in [0.3, 0.4) is 0 Å². The summed E-state index contributed by atoms with van der Waals surface area (Å²) in [6, 6.07) is 0.148. The number of carboxylic acid groups (broad SMARTS) is 1. The molecule has 0 rings (SSSR count). The van der Waals surface area contributed by atoms with Crippen molar-refractivity contribution in [3.63, 3.8) is 0 Å². The second-order valence-electron chi connectivity index (χ2n) is 9.96. The summed E-state index contributed by atoms with van der Waals surface area (Å²) in [5.74, 6) is -0.540. The van der Waals surface area contributed by atoms with Crippen LogP contribution >= 0.6 is 0 Å². The second kappa shape index (κ2) is 11.7. The number of hydrogen-bond acceptors (Lipinski definition) is 5. The van der Waals surface area contributed by atoms with Gasteiger partial charge in [-0.05, 0) is 38.1 Å². The molecule has 0 heterocycles. The summed E-state index contributed by atoms with van der Waals surface area (Å²) in [5, 5.41) is 21.1. The van der Waals surface area contributed by atoms with Gasteiger partial charge < -0.3 is 25.2 Å². The highest BCUT2D eigenvalue weighted by Crippen LogP contribution is 2.33. The average Bonchev–Trinajstić information content (AvgIpc) is 2.52. The molecule has 0 saturated carbocycles. The number of hydrogen-bond donors (Lipinski definition) is 4. The third-order valence-electron chi connectivity index (χ3n) is 4.48. The molecule has 0 saturated heterocycles. The van der Waals surface area contributed by atoms with Gasteiger partial charge in [-0.1, -0.05) is 34.6 Å². The molecule has 0 aliphatic heterocycles. The van der Waals surface area contributed by atoms with Gasteiger partial charge in [0.05, 0.1) is 12.2 Å². The van der Waals surface area contributed by atoms with Crippen molar-refractivity contribution in [2.75, 3.05) is 19.8 Å². The first-order valence-corrected chi connectivity index (χ1v) is 12.1. The third-order valence-corrected chi connectivity index (χ3v) is 6.55. The Balaban J connectivity index is 4.48. The van der Waals surface area contributed by atoms with Crippen LogP contribution in [0.1, 0.15) is 67.7 Å². The smallest absolute Gasteiger partial charge is 0.290 e. The van der Waals surface area contributed by atoms with Crippen LogP contribution < -0.4 is 10.3 Å². The fourth-order valence-electron chi connectivity index (χ4n) is 3.24. The van der Waals surface area contributed by atoms with Crippen molar-refractivity contribution in [2.45, 2.75) is 79.4 Å². The lowest BCUT2D eigenvalue weighted by Crippen LogP contribution is -2.50. The normalized spacial score (nSPS) is 13.7. The van der Waals surface area contributed by atoms with E-state index in [1.165, 1.54) is 0 Å². The van der Waals surface area contributed by atoms with E-state index >= 15 is 0 Å². The van der Waals surface area contributed by atoms with Gasteiger partial charge in [0.2, 0.25) is 11.8 Å². The minimum atomic E-state index is -2.67. The molecule has 0 fully saturated rings. The topological polar surface area (TPSA) is 125 Å². The van der Waals surface area contributed by atoms with Crippen molar-refractivity contribution in [3.05, 3.63) is 0 Å². The Kier molecular flexibility index (Phi) is 11.1. The minimum absolute atomic E-state index is 0.0266. The van der Waals surface area contributed by atoms with Gasteiger partial charge in [-0.3, -0.25) is 14.4 Å². The Bertz CT molecular complexity index is 558. The number of ether oxygens (including phenoxy) is 1. The maximum atomic E-state index is 12.6. The van der Waals surface area contributed by atoms with Crippen LogP contribution in [-0.2, 0) is 14.3 Å². The maximum Gasteiger partial charge on any atom is 0.290 e. The van der Waals surface area contributed by atoms with Crippen molar-refractivity contribution in [1.29, 1.82) is 0 Å². The Labute approximate surface area is 176 Å². The molecule has 0 aliphatic rings. The van der Waals surface area contributed by atoms with Crippen LogP contribution in [0.25, 0.3) is 0 Å². The molecule has 0 unspecified atom stereocenters. The molecule has 4 N–H and O–H groups in total. The Morgan fingerprint density at radius 2 is 1.62 bits per heavy atom. The molecule has 0 aromatic carbocycles. The van der Waals surface area contributed by atoms with Crippen molar-refractivity contribution >= 4 is 26.4 Å². The molecule has 0 aliphatic carbocycles. The van der Waals surface area contributed by atoms with Gasteiger partial charge in [-0.15, -0.1) is 0 Å². The Morgan fingerprint density at radius 1 is 1.03 bits per heavy atom. The van der Waals surface area contributed by atoms with Gasteiger partial charge in [-0.2, -0.15) is 0 Å². The standard InChI is InChI=1S/C20H40N2O6Si/c1-18(2,3)14-19(4,5)16(25)22-29(17(26)27)13-8-15(24)21-10-12-28-20(6,7)9-11-23/h23,29H,8-14H2,1-7H3,(H,21,24)(H,22,25)(H,26,27)/t29-/m0/s1. The van der Waals surface area contributed by atoms with E-state index in [2.05, 4.69) is 10.3 Å². The second-order valence-corrected chi connectivity index (χ2v) is 12.4. The summed E-state index contributed by atoms with van der Waals surface area (Å²) < 4.78 is 5.60. The van der Waals surface area contributed by atoms with Crippen LogP contribution in [0.5, 0.6) is 0 Å². The lowest BCUT2D eigenvalue weighted by molar-refractivity contribution is -0.129. The van der Waals surface area contributed by atoms with Crippen LogP contribution in [0.2, 0.25) is 6.04 Å². The summed E-state index contributed by atoms with van der Waals surface area (Å²) in [6.07, 6.45) is 1.17. The van der Waals surface area contributed by atoms with E-state index < -0.39 is 25.6 Å². The molecule has 8 nitrogen and oxygen atoms in total. The van der Waals surface area contributed by atoms with E-state index in [4.69, 9.17) is 9.84 Å². The largest absolute Gasteiger partial charge is 0.484 e. The van der Waals surface area contributed by atoms with Gasteiger partial charge in [-0.25, -0.2) is 0 Å². The monoisotopic (exact) mass is 432 g/mol. The summed E-state index contributed by atoms with van der Waals surface area (Å²) in [6.45, 7) is 14.1. The number of aliphatic hydroxyl groups is 1. The molecule has 2 amide bonds. The molecular formula is C20H40N2O6Si. The van der Waals surface area contributed by atoms with E-state index in [-0.39, 0.29) is 36.3 Å². The van der Waals surface area contributed by atoms with Crippen LogP contribution in [0.4, 0.5) is 4.79 Å². The van der Waals surface area contributed by atoms with Gasteiger partial charge in [0, 0.05) is 25.0 Å². The molecule has 1 atom stereocenters. The van der Waals surface area contributed by atoms with E-state index in [0.29, 0.717) is 26.0 Å². The zero-order valence-corrected chi connectivity index (χ0v) is 20.2. The summed E-state index contributed by atoms with van der Waals surface area (Å²) in [7, 11) is -2.67. The predicted octanol–water partition coefficient (Wildman–Crippen LogP) is 2.23. The average molecular weight is 433 g/mol. The van der Waals surface area contributed by atoms with E-state index in [1.54, 1.807) is 0 Å². The first-order valence-electron chi connectivity index (χ1n) is 10.1. The molecule has 29 heavy (non-hydrogen) atoms. The van der Waals surface area contributed by atoms with E-state index in [0.717, 1.165) is 0 Å². The highest BCUT2D eigenvalue weighted by Gasteiger charge is 2.35. The molecule has 9 heteroatoms. The fraction of sp³-hybridized carbons (Fsp3) is 0.850. The SMILES string of the molecule is CC(C)(C)CC(C)(C)C(=O)N[Si@@H](CCC(=O)NCCOC(C)(C)CCO)C(=O)O. The van der Waals surface area contributed by atoms with E-state index in [9.17, 15) is 19.5 Å². The lowest BCUT2D eigenvalue weighted by Gasteiger charge is -2.32. The number of rotatable bonds is 13. The van der Waals surface area contributed by atoms with Gasteiger partial charge in [0.25, 0.3) is 14.6 Å². The lowest BCUT2D eigenvalue weighted by atomic mass is 9.76. The number of carbonyl (C=O) groups is 3. The molecule has 0 radical (unpaired) electrons. The van der Waals surface area contributed by atoms with Crippen molar-refractivity contribution < 1.29 is 29.3 Å². The zero-order valence-electron chi connectivity index (χ0n) is 19.1. The Morgan fingerprint density at radius 3 is 2.10 bits per heavy atom. The number of aliphatic hydroxyl groups excluding tert-OH is 1. The van der Waals surface area contributed by atoms with Crippen LogP contribution in [0.15, 0.2) is 0 Å². The Hall–Kier alpha value is -1.45. The van der Waals surface area contributed by atoms with Gasteiger partial charge in [0.1, 0.15) is 0 Å². The number of amides is 2. The quantitative estimate of drug-likeness (QED) is 0.261. The fourth-order valence-corrected chi connectivity index (χ4v) is 5.01. The molecule has 0 aromatic heterocycles. The van der Waals surface area contributed by atoms with Crippen molar-refractivity contribution in [1.82, 2.24) is 10.3 Å².